The molecule has 5 heteroatoms. The second-order valence-corrected chi connectivity index (χ2v) is 4.17. The molecule has 0 saturated carbocycles. The summed E-state index contributed by atoms with van der Waals surface area (Å²) in [7, 11) is 1.30. The molecule has 0 unspecified atom stereocenters. The van der Waals surface area contributed by atoms with Crippen LogP contribution >= 0.6 is 0 Å². The van der Waals surface area contributed by atoms with Crippen molar-refractivity contribution in [1.82, 2.24) is 5.32 Å². The number of rotatable bonds is 5. The number of aliphatic hydroxyl groups is 1. The fraction of sp³-hybridized carbons (Fsp3) is 0.545. The molecule has 0 bridgehead atoms. The number of furan rings is 1. The quantitative estimate of drug-likeness (QED) is 0.732. The molecule has 0 aliphatic rings. The van der Waals surface area contributed by atoms with Gasteiger partial charge in [0.1, 0.15) is 5.76 Å². The Balaban J connectivity index is 2.44. The van der Waals surface area contributed by atoms with E-state index in [0.717, 1.165) is 0 Å². The van der Waals surface area contributed by atoms with Gasteiger partial charge in [-0.05, 0) is 26.0 Å². The van der Waals surface area contributed by atoms with Gasteiger partial charge in [0.2, 0.25) is 5.76 Å². The number of esters is 1. The van der Waals surface area contributed by atoms with Crippen molar-refractivity contribution in [2.45, 2.75) is 26.0 Å². The first-order valence-corrected chi connectivity index (χ1v) is 5.02. The van der Waals surface area contributed by atoms with Gasteiger partial charge in [0.05, 0.1) is 19.3 Å². The summed E-state index contributed by atoms with van der Waals surface area (Å²) in [4.78, 5) is 11.1. The first kappa shape index (κ1) is 12.7. The maximum absolute atomic E-state index is 11.1. The van der Waals surface area contributed by atoms with Crippen molar-refractivity contribution in [2.24, 2.45) is 0 Å². The van der Waals surface area contributed by atoms with Crippen LogP contribution in [0, 0.1) is 0 Å². The molecule has 0 aliphatic heterocycles. The van der Waals surface area contributed by atoms with Crippen molar-refractivity contribution in [3.8, 4) is 0 Å². The molecule has 1 aromatic rings. The van der Waals surface area contributed by atoms with Crippen LogP contribution in [0.15, 0.2) is 16.5 Å². The minimum Gasteiger partial charge on any atom is -0.463 e. The Morgan fingerprint density at radius 1 is 1.56 bits per heavy atom. The summed E-state index contributed by atoms with van der Waals surface area (Å²) in [6, 6.07) is 3.26. The molecule has 0 aromatic carbocycles. The predicted octanol–water partition coefficient (Wildman–Crippen LogP) is 0.927. The SMILES string of the molecule is COC(=O)c1ccc(CNCC(C)(C)O)o1. The number of hydrogen-bond donors (Lipinski definition) is 2. The molecule has 0 radical (unpaired) electrons. The third-order valence-electron chi connectivity index (χ3n) is 1.91. The Hall–Kier alpha value is -1.33. The lowest BCUT2D eigenvalue weighted by atomic mass is 10.1. The Bertz CT molecular complexity index is 351. The molecule has 0 saturated heterocycles. The number of ether oxygens (including phenoxy) is 1. The van der Waals surface area contributed by atoms with Gasteiger partial charge in [0.15, 0.2) is 0 Å². The van der Waals surface area contributed by atoms with Crippen LogP contribution in [0.2, 0.25) is 0 Å². The van der Waals surface area contributed by atoms with Gasteiger partial charge in [-0.2, -0.15) is 0 Å². The first-order valence-electron chi connectivity index (χ1n) is 5.02. The summed E-state index contributed by atoms with van der Waals surface area (Å²) in [6.07, 6.45) is 0. The number of carbonyl (C=O) groups excluding carboxylic acids is 1. The highest BCUT2D eigenvalue weighted by molar-refractivity contribution is 5.86. The van der Waals surface area contributed by atoms with Gasteiger partial charge in [0, 0.05) is 6.54 Å². The van der Waals surface area contributed by atoms with E-state index in [-0.39, 0.29) is 5.76 Å². The van der Waals surface area contributed by atoms with Crippen LogP contribution in [-0.2, 0) is 11.3 Å². The lowest BCUT2D eigenvalue weighted by Gasteiger charge is -2.16. The summed E-state index contributed by atoms with van der Waals surface area (Å²) >= 11 is 0. The molecule has 0 spiro atoms. The van der Waals surface area contributed by atoms with Gasteiger partial charge in [-0.25, -0.2) is 4.79 Å². The van der Waals surface area contributed by atoms with Gasteiger partial charge >= 0.3 is 5.97 Å². The summed E-state index contributed by atoms with van der Waals surface area (Å²) in [6.45, 7) is 4.33. The second-order valence-electron chi connectivity index (χ2n) is 4.17. The summed E-state index contributed by atoms with van der Waals surface area (Å²) < 4.78 is 9.75. The van der Waals surface area contributed by atoms with Crippen molar-refractivity contribution >= 4 is 5.97 Å². The smallest absolute Gasteiger partial charge is 0.373 e. The zero-order valence-corrected chi connectivity index (χ0v) is 9.74. The minimum absolute atomic E-state index is 0.183. The molecule has 1 heterocycles. The zero-order valence-electron chi connectivity index (χ0n) is 9.74. The van der Waals surface area contributed by atoms with E-state index in [1.165, 1.54) is 7.11 Å². The van der Waals surface area contributed by atoms with Gasteiger partial charge in [-0.3, -0.25) is 0 Å². The second kappa shape index (κ2) is 5.14. The molecule has 2 N–H and O–H groups in total. The lowest BCUT2D eigenvalue weighted by molar-refractivity contribution is 0.0560. The standard InChI is InChI=1S/C11H17NO4/c1-11(2,14)7-12-6-8-4-5-9(16-8)10(13)15-3/h4-5,12,14H,6-7H2,1-3H3. The van der Waals surface area contributed by atoms with Crippen LogP contribution in [-0.4, -0.2) is 30.3 Å². The monoisotopic (exact) mass is 227 g/mol. The summed E-state index contributed by atoms with van der Waals surface area (Å²) in [5, 5.41) is 12.5. The molecule has 5 nitrogen and oxygen atoms in total. The first-order chi connectivity index (χ1) is 7.42. The normalized spacial score (nSPS) is 11.5. The lowest BCUT2D eigenvalue weighted by Crippen LogP contribution is -2.34. The Labute approximate surface area is 94.4 Å². The highest BCUT2D eigenvalue weighted by Gasteiger charge is 2.13. The fourth-order valence-corrected chi connectivity index (χ4v) is 1.17. The number of nitrogens with one attached hydrogen (secondary N) is 1. The van der Waals surface area contributed by atoms with Gasteiger partial charge in [-0.15, -0.1) is 0 Å². The van der Waals surface area contributed by atoms with Gasteiger partial charge in [0.25, 0.3) is 0 Å². The number of carbonyl (C=O) groups is 1. The van der Waals surface area contributed by atoms with E-state index in [2.05, 4.69) is 10.1 Å². The van der Waals surface area contributed by atoms with Crippen LogP contribution in [0.25, 0.3) is 0 Å². The molecule has 0 amide bonds. The predicted molar refractivity (Wildman–Crippen MR) is 58.1 cm³/mol. The third-order valence-corrected chi connectivity index (χ3v) is 1.91. The maximum Gasteiger partial charge on any atom is 0.373 e. The molecule has 0 fully saturated rings. The fourth-order valence-electron chi connectivity index (χ4n) is 1.17. The van der Waals surface area contributed by atoms with Gasteiger partial charge < -0.3 is 19.6 Å². The van der Waals surface area contributed by atoms with E-state index < -0.39 is 11.6 Å². The molecule has 0 aliphatic carbocycles. The average Bonchev–Trinajstić information content (AvgIpc) is 2.63. The highest BCUT2D eigenvalue weighted by Crippen LogP contribution is 2.09. The van der Waals surface area contributed by atoms with E-state index in [0.29, 0.717) is 18.8 Å². The maximum atomic E-state index is 11.1. The van der Waals surface area contributed by atoms with E-state index in [1.54, 1.807) is 26.0 Å². The van der Waals surface area contributed by atoms with E-state index >= 15 is 0 Å². The van der Waals surface area contributed by atoms with Crippen molar-refractivity contribution in [3.63, 3.8) is 0 Å². The summed E-state index contributed by atoms with van der Waals surface area (Å²) in [5.41, 5.74) is -0.766. The van der Waals surface area contributed by atoms with E-state index in [1.807, 2.05) is 0 Å². The van der Waals surface area contributed by atoms with E-state index in [9.17, 15) is 9.90 Å². The topological polar surface area (TPSA) is 71.7 Å². The van der Waals surface area contributed by atoms with Crippen molar-refractivity contribution in [1.29, 1.82) is 0 Å². The molecular formula is C11H17NO4. The molecule has 16 heavy (non-hydrogen) atoms. The van der Waals surface area contributed by atoms with Crippen molar-refractivity contribution < 1.29 is 19.1 Å². The largest absolute Gasteiger partial charge is 0.463 e. The van der Waals surface area contributed by atoms with Crippen LogP contribution in [0.1, 0.15) is 30.2 Å². The van der Waals surface area contributed by atoms with Crippen LogP contribution in [0.4, 0.5) is 0 Å². The van der Waals surface area contributed by atoms with Crippen molar-refractivity contribution in [3.05, 3.63) is 23.7 Å². The Morgan fingerprint density at radius 2 is 2.25 bits per heavy atom. The molecule has 0 atom stereocenters. The molecule has 1 rings (SSSR count). The van der Waals surface area contributed by atoms with Crippen LogP contribution in [0.3, 0.4) is 0 Å². The third kappa shape index (κ3) is 4.04. The molecular weight excluding hydrogens is 210 g/mol. The molecule has 90 valence electrons. The molecule has 1 aromatic heterocycles. The van der Waals surface area contributed by atoms with Crippen LogP contribution < -0.4 is 5.32 Å². The highest BCUT2D eigenvalue weighted by atomic mass is 16.5. The minimum atomic E-state index is -0.766. The summed E-state index contributed by atoms with van der Waals surface area (Å²) in [5.74, 6) is 0.320. The Morgan fingerprint density at radius 3 is 2.81 bits per heavy atom. The zero-order chi connectivity index (χ0) is 12.2. The van der Waals surface area contributed by atoms with Gasteiger partial charge in [-0.1, -0.05) is 0 Å². The van der Waals surface area contributed by atoms with Crippen molar-refractivity contribution in [2.75, 3.05) is 13.7 Å². The van der Waals surface area contributed by atoms with Crippen LogP contribution in [0.5, 0.6) is 0 Å². The average molecular weight is 227 g/mol. The number of methoxy groups -OCH3 is 1. The number of hydrogen-bond acceptors (Lipinski definition) is 5. The van der Waals surface area contributed by atoms with E-state index in [4.69, 9.17) is 4.42 Å². The Kier molecular flexibility index (Phi) is 4.09.